The summed E-state index contributed by atoms with van der Waals surface area (Å²) in [5, 5.41) is 6.12. The summed E-state index contributed by atoms with van der Waals surface area (Å²) in [5.41, 5.74) is 1.10. The second kappa shape index (κ2) is 7.40. The van der Waals surface area contributed by atoms with E-state index in [2.05, 4.69) is 10.6 Å². The predicted molar refractivity (Wildman–Crippen MR) is 77.2 cm³/mol. The lowest BCUT2D eigenvalue weighted by Crippen LogP contribution is -2.41. The van der Waals surface area contributed by atoms with Crippen LogP contribution >= 0.6 is 0 Å². The Hall–Kier alpha value is -1.20. The van der Waals surface area contributed by atoms with Crippen molar-refractivity contribution in [3.05, 3.63) is 35.9 Å². The summed E-state index contributed by atoms with van der Waals surface area (Å²) >= 11 is 0. The molecule has 4 nitrogen and oxygen atoms in total. The van der Waals surface area contributed by atoms with Crippen LogP contribution in [0.15, 0.2) is 30.3 Å². The van der Waals surface area contributed by atoms with E-state index < -0.39 is 10.8 Å². The van der Waals surface area contributed by atoms with Gasteiger partial charge in [0.05, 0.1) is 6.54 Å². The lowest BCUT2D eigenvalue weighted by atomic mass is 10.1. The minimum atomic E-state index is -0.644. The number of rotatable bonds is 5. The molecule has 1 aliphatic heterocycles. The van der Waals surface area contributed by atoms with E-state index in [9.17, 15) is 9.00 Å². The van der Waals surface area contributed by atoms with Crippen molar-refractivity contribution in [1.29, 1.82) is 0 Å². The largest absolute Gasteiger partial charge is 0.351 e. The van der Waals surface area contributed by atoms with Crippen LogP contribution in [0.5, 0.6) is 0 Å². The molecule has 1 amide bonds. The zero-order valence-corrected chi connectivity index (χ0v) is 11.7. The molecular weight excluding hydrogens is 260 g/mol. The highest BCUT2D eigenvalue weighted by molar-refractivity contribution is 7.85. The Morgan fingerprint density at radius 3 is 2.58 bits per heavy atom. The summed E-state index contributed by atoms with van der Waals surface area (Å²) in [5.74, 6) is 1.52. The molecule has 0 atom stereocenters. The molecule has 0 radical (unpaired) electrons. The molecule has 19 heavy (non-hydrogen) atoms. The predicted octanol–water partition coefficient (Wildman–Crippen LogP) is 0.804. The molecule has 2 rings (SSSR count). The molecule has 0 bridgehead atoms. The number of hydrogen-bond acceptors (Lipinski definition) is 3. The number of carbonyl (C=O) groups excluding carboxylic acids is 1. The van der Waals surface area contributed by atoms with Gasteiger partial charge >= 0.3 is 0 Å². The van der Waals surface area contributed by atoms with Gasteiger partial charge < -0.3 is 10.6 Å². The van der Waals surface area contributed by atoms with Gasteiger partial charge in [0.15, 0.2) is 0 Å². The van der Waals surface area contributed by atoms with Gasteiger partial charge in [-0.3, -0.25) is 9.00 Å². The van der Waals surface area contributed by atoms with Gasteiger partial charge in [0.25, 0.3) is 0 Å². The average Bonchev–Trinajstić information content (AvgIpc) is 2.45. The third kappa shape index (κ3) is 5.12. The van der Waals surface area contributed by atoms with Crippen molar-refractivity contribution in [2.45, 2.75) is 25.4 Å². The van der Waals surface area contributed by atoms with Gasteiger partial charge in [-0.15, -0.1) is 0 Å². The standard InChI is InChI=1S/C14H20N2O2S/c17-14(16-10-12-4-2-1-3-5-12)11-15-13-6-8-19(18)9-7-13/h1-5,13,15H,6-11H2,(H,16,17). The lowest BCUT2D eigenvalue weighted by molar-refractivity contribution is -0.120. The molecule has 5 heteroatoms. The van der Waals surface area contributed by atoms with Gasteiger partial charge in [0, 0.05) is 34.9 Å². The summed E-state index contributed by atoms with van der Waals surface area (Å²) in [6.45, 7) is 0.903. The second-order valence-corrected chi connectivity index (χ2v) is 6.46. The molecule has 2 N–H and O–H groups in total. The van der Waals surface area contributed by atoms with E-state index in [0.29, 0.717) is 19.1 Å². The zero-order valence-electron chi connectivity index (χ0n) is 10.9. The molecule has 1 fully saturated rings. The molecular formula is C14H20N2O2S. The first-order valence-electron chi connectivity index (χ1n) is 6.63. The molecule has 1 heterocycles. The van der Waals surface area contributed by atoms with Crippen LogP contribution in [0, 0.1) is 0 Å². The topological polar surface area (TPSA) is 58.2 Å². The summed E-state index contributed by atoms with van der Waals surface area (Å²) in [7, 11) is -0.644. The van der Waals surface area contributed by atoms with E-state index in [1.165, 1.54) is 0 Å². The fraction of sp³-hybridized carbons (Fsp3) is 0.500. The van der Waals surface area contributed by atoms with Crippen LogP contribution in [-0.4, -0.2) is 34.2 Å². The van der Waals surface area contributed by atoms with Crippen molar-refractivity contribution in [2.24, 2.45) is 0 Å². The first-order chi connectivity index (χ1) is 9.24. The molecule has 0 aliphatic carbocycles. The number of benzene rings is 1. The van der Waals surface area contributed by atoms with Gasteiger partial charge in [-0.2, -0.15) is 0 Å². The van der Waals surface area contributed by atoms with E-state index in [4.69, 9.17) is 0 Å². The van der Waals surface area contributed by atoms with Crippen LogP contribution in [0.1, 0.15) is 18.4 Å². The maximum absolute atomic E-state index is 11.7. The van der Waals surface area contributed by atoms with Crippen LogP contribution in [0.4, 0.5) is 0 Å². The van der Waals surface area contributed by atoms with Gasteiger partial charge in [-0.05, 0) is 18.4 Å². The van der Waals surface area contributed by atoms with E-state index in [0.717, 1.165) is 29.9 Å². The van der Waals surface area contributed by atoms with Crippen LogP contribution in [0.3, 0.4) is 0 Å². The highest BCUT2D eigenvalue weighted by Gasteiger charge is 2.17. The monoisotopic (exact) mass is 280 g/mol. The number of nitrogens with one attached hydrogen (secondary N) is 2. The average molecular weight is 280 g/mol. The van der Waals surface area contributed by atoms with Crippen molar-refractivity contribution in [2.75, 3.05) is 18.1 Å². The van der Waals surface area contributed by atoms with Gasteiger partial charge in [0.2, 0.25) is 5.91 Å². The first kappa shape index (κ1) is 14.2. The van der Waals surface area contributed by atoms with E-state index in [1.54, 1.807) is 0 Å². The highest BCUT2D eigenvalue weighted by Crippen LogP contribution is 2.08. The summed E-state index contributed by atoms with van der Waals surface area (Å²) in [4.78, 5) is 11.7. The lowest BCUT2D eigenvalue weighted by Gasteiger charge is -2.22. The Bertz CT molecular complexity index is 426. The van der Waals surface area contributed by atoms with Crippen molar-refractivity contribution in [3.63, 3.8) is 0 Å². The second-order valence-electron chi connectivity index (χ2n) is 4.77. The molecule has 1 aromatic carbocycles. The minimum Gasteiger partial charge on any atom is -0.351 e. The Kier molecular flexibility index (Phi) is 5.54. The van der Waals surface area contributed by atoms with Crippen molar-refractivity contribution in [1.82, 2.24) is 10.6 Å². The number of carbonyl (C=O) groups is 1. The highest BCUT2D eigenvalue weighted by atomic mass is 32.2. The van der Waals surface area contributed by atoms with Crippen LogP contribution in [0.25, 0.3) is 0 Å². The third-order valence-corrected chi connectivity index (χ3v) is 4.65. The number of hydrogen-bond donors (Lipinski definition) is 2. The summed E-state index contributed by atoms with van der Waals surface area (Å²) < 4.78 is 11.2. The maximum Gasteiger partial charge on any atom is 0.234 e. The fourth-order valence-corrected chi connectivity index (χ4v) is 3.39. The SMILES string of the molecule is O=C(CNC1CCS(=O)CC1)NCc1ccccc1. The van der Waals surface area contributed by atoms with Crippen molar-refractivity contribution in [3.8, 4) is 0 Å². The Morgan fingerprint density at radius 1 is 1.21 bits per heavy atom. The van der Waals surface area contributed by atoms with Crippen molar-refractivity contribution >= 4 is 16.7 Å². The zero-order chi connectivity index (χ0) is 13.5. The van der Waals surface area contributed by atoms with Gasteiger partial charge in [-0.1, -0.05) is 30.3 Å². The molecule has 104 valence electrons. The minimum absolute atomic E-state index is 0.00977. The molecule has 1 saturated heterocycles. The summed E-state index contributed by atoms with van der Waals surface area (Å²) in [6.07, 6.45) is 1.80. The van der Waals surface area contributed by atoms with E-state index >= 15 is 0 Å². The Morgan fingerprint density at radius 2 is 1.89 bits per heavy atom. The van der Waals surface area contributed by atoms with Crippen LogP contribution < -0.4 is 10.6 Å². The first-order valence-corrected chi connectivity index (χ1v) is 8.12. The normalized spacial score (nSPS) is 22.9. The fourth-order valence-electron chi connectivity index (χ4n) is 2.09. The van der Waals surface area contributed by atoms with Crippen molar-refractivity contribution < 1.29 is 9.00 Å². The van der Waals surface area contributed by atoms with Gasteiger partial charge in [-0.25, -0.2) is 0 Å². The smallest absolute Gasteiger partial charge is 0.234 e. The van der Waals surface area contributed by atoms with Gasteiger partial charge in [0.1, 0.15) is 0 Å². The van der Waals surface area contributed by atoms with E-state index in [1.807, 2.05) is 30.3 Å². The molecule has 0 unspecified atom stereocenters. The van der Waals surface area contributed by atoms with Crippen LogP contribution in [0.2, 0.25) is 0 Å². The molecule has 0 aromatic heterocycles. The molecule has 0 saturated carbocycles. The molecule has 0 spiro atoms. The third-order valence-electron chi connectivity index (χ3n) is 3.27. The van der Waals surface area contributed by atoms with Crippen LogP contribution in [-0.2, 0) is 22.1 Å². The molecule has 1 aromatic rings. The number of amides is 1. The Labute approximate surface area is 116 Å². The van der Waals surface area contributed by atoms with E-state index in [-0.39, 0.29) is 5.91 Å². The summed E-state index contributed by atoms with van der Waals surface area (Å²) in [6, 6.07) is 10.2. The molecule has 1 aliphatic rings. The maximum atomic E-state index is 11.7. The Balaban J connectivity index is 1.63. The quantitative estimate of drug-likeness (QED) is 0.839.